The Morgan fingerprint density at radius 1 is 1.21 bits per heavy atom. The van der Waals surface area contributed by atoms with E-state index in [0.717, 1.165) is 26.2 Å². The van der Waals surface area contributed by atoms with Crippen molar-refractivity contribution >= 4 is 0 Å². The molecular formula is C10H22N2O2. The quantitative estimate of drug-likeness (QED) is 0.570. The monoisotopic (exact) mass is 202 g/mol. The maximum absolute atomic E-state index is 5.36. The Kier molecular flexibility index (Phi) is 6.95. The van der Waals surface area contributed by atoms with Crippen LogP contribution in [0.5, 0.6) is 0 Å². The van der Waals surface area contributed by atoms with Crippen LogP contribution in [-0.2, 0) is 9.47 Å². The van der Waals surface area contributed by atoms with E-state index in [2.05, 4.69) is 10.6 Å². The first-order chi connectivity index (χ1) is 6.93. The lowest BCUT2D eigenvalue weighted by molar-refractivity contribution is 0.0706. The van der Waals surface area contributed by atoms with E-state index in [1.807, 2.05) is 0 Å². The number of nitrogens with one attached hydrogen (secondary N) is 2. The van der Waals surface area contributed by atoms with Gasteiger partial charge < -0.3 is 20.1 Å². The summed E-state index contributed by atoms with van der Waals surface area (Å²) >= 11 is 0. The lowest BCUT2D eigenvalue weighted by Gasteiger charge is -2.23. The Morgan fingerprint density at radius 2 is 2.00 bits per heavy atom. The fourth-order valence-corrected chi connectivity index (χ4v) is 1.61. The largest absolute Gasteiger partial charge is 0.382 e. The molecule has 14 heavy (non-hydrogen) atoms. The Labute approximate surface area is 86.3 Å². The predicted molar refractivity (Wildman–Crippen MR) is 56.6 cm³/mol. The Bertz CT molecular complexity index is 127. The Balaban J connectivity index is 1.82. The van der Waals surface area contributed by atoms with Gasteiger partial charge in [-0.1, -0.05) is 0 Å². The lowest BCUT2D eigenvalue weighted by Crippen LogP contribution is -2.41. The number of piperidine rings is 1. The summed E-state index contributed by atoms with van der Waals surface area (Å²) in [6, 6.07) is 0.683. The summed E-state index contributed by atoms with van der Waals surface area (Å²) in [6.45, 7) is 5.41. The molecule has 0 bridgehead atoms. The summed E-state index contributed by atoms with van der Waals surface area (Å²) in [4.78, 5) is 0. The summed E-state index contributed by atoms with van der Waals surface area (Å²) in [6.07, 6.45) is 2.47. The Hall–Kier alpha value is -0.160. The van der Waals surface area contributed by atoms with Crippen LogP contribution in [0.3, 0.4) is 0 Å². The topological polar surface area (TPSA) is 42.5 Å². The van der Waals surface area contributed by atoms with Crippen molar-refractivity contribution in [1.82, 2.24) is 10.6 Å². The average molecular weight is 202 g/mol. The van der Waals surface area contributed by atoms with E-state index in [4.69, 9.17) is 9.47 Å². The van der Waals surface area contributed by atoms with Gasteiger partial charge in [-0.2, -0.15) is 0 Å². The molecule has 1 heterocycles. The van der Waals surface area contributed by atoms with Crippen molar-refractivity contribution in [2.24, 2.45) is 0 Å². The van der Waals surface area contributed by atoms with Gasteiger partial charge in [0.05, 0.1) is 19.8 Å². The maximum Gasteiger partial charge on any atom is 0.0700 e. The first-order valence-electron chi connectivity index (χ1n) is 5.44. The van der Waals surface area contributed by atoms with Crippen LogP contribution in [0.4, 0.5) is 0 Å². The third-order valence-electron chi connectivity index (χ3n) is 2.45. The van der Waals surface area contributed by atoms with Gasteiger partial charge in [-0.05, 0) is 25.9 Å². The number of hydrogen-bond acceptors (Lipinski definition) is 4. The van der Waals surface area contributed by atoms with E-state index >= 15 is 0 Å². The molecule has 0 atom stereocenters. The molecule has 0 amide bonds. The summed E-state index contributed by atoms with van der Waals surface area (Å²) in [7, 11) is 1.69. The van der Waals surface area contributed by atoms with E-state index in [9.17, 15) is 0 Å². The van der Waals surface area contributed by atoms with Gasteiger partial charge in [0.1, 0.15) is 0 Å². The van der Waals surface area contributed by atoms with Gasteiger partial charge in [-0.25, -0.2) is 0 Å². The Morgan fingerprint density at radius 3 is 2.71 bits per heavy atom. The minimum absolute atomic E-state index is 0.683. The summed E-state index contributed by atoms with van der Waals surface area (Å²) in [5, 5.41) is 6.84. The van der Waals surface area contributed by atoms with Crippen LogP contribution in [0.25, 0.3) is 0 Å². The SMILES string of the molecule is COCCOCCNC1CCNCC1. The third kappa shape index (κ3) is 5.54. The van der Waals surface area contributed by atoms with E-state index in [1.54, 1.807) is 7.11 Å². The molecule has 4 heteroatoms. The van der Waals surface area contributed by atoms with Crippen molar-refractivity contribution in [2.45, 2.75) is 18.9 Å². The molecule has 84 valence electrons. The second kappa shape index (κ2) is 8.17. The van der Waals surface area contributed by atoms with Crippen LogP contribution >= 0.6 is 0 Å². The fourth-order valence-electron chi connectivity index (χ4n) is 1.61. The van der Waals surface area contributed by atoms with Gasteiger partial charge in [0.15, 0.2) is 0 Å². The molecule has 0 aliphatic carbocycles. The van der Waals surface area contributed by atoms with Crippen molar-refractivity contribution in [3.8, 4) is 0 Å². The van der Waals surface area contributed by atoms with Crippen molar-refractivity contribution in [3.63, 3.8) is 0 Å². The maximum atomic E-state index is 5.36. The standard InChI is InChI=1S/C10H22N2O2/c1-13-8-9-14-7-6-12-10-2-4-11-5-3-10/h10-12H,2-9H2,1H3. The van der Waals surface area contributed by atoms with Crippen LogP contribution in [0.1, 0.15) is 12.8 Å². The predicted octanol–water partition coefficient (Wildman–Crippen LogP) is -0.00900. The van der Waals surface area contributed by atoms with E-state index < -0.39 is 0 Å². The highest BCUT2D eigenvalue weighted by Crippen LogP contribution is 2.00. The third-order valence-corrected chi connectivity index (χ3v) is 2.45. The second-order valence-electron chi connectivity index (χ2n) is 3.58. The number of ether oxygens (including phenoxy) is 2. The molecular weight excluding hydrogens is 180 g/mol. The molecule has 2 N–H and O–H groups in total. The minimum Gasteiger partial charge on any atom is -0.382 e. The molecule has 4 nitrogen and oxygen atoms in total. The molecule has 0 saturated carbocycles. The number of methoxy groups -OCH3 is 1. The average Bonchev–Trinajstić information content (AvgIpc) is 2.25. The number of hydrogen-bond donors (Lipinski definition) is 2. The highest BCUT2D eigenvalue weighted by Gasteiger charge is 2.10. The number of rotatable bonds is 7. The fraction of sp³-hybridized carbons (Fsp3) is 1.00. The normalized spacial score (nSPS) is 18.6. The van der Waals surface area contributed by atoms with Gasteiger partial charge in [0.25, 0.3) is 0 Å². The van der Waals surface area contributed by atoms with E-state index in [0.29, 0.717) is 19.3 Å². The first-order valence-corrected chi connectivity index (χ1v) is 5.44. The molecule has 1 aliphatic rings. The van der Waals surface area contributed by atoms with E-state index in [1.165, 1.54) is 12.8 Å². The first kappa shape index (κ1) is 11.9. The van der Waals surface area contributed by atoms with Crippen LogP contribution in [0, 0.1) is 0 Å². The van der Waals surface area contributed by atoms with Crippen molar-refractivity contribution in [1.29, 1.82) is 0 Å². The zero-order valence-electron chi connectivity index (χ0n) is 9.05. The highest BCUT2D eigenvalue weighted by atomic mass is 16.5. The van der Waals surface area contributed by atoms with Crippen LogP contribution in [-0.4, -0.2) is 52.6 Å². The summed E-state index contributed by atoms with van der Waals surface area (Å²) in [5.74, 6) is 0. The molecule has 1 aliphatic heterocycles. The molecule has 0 aromatic carbocycles. The van der Waals surface area contributed by atoms with Crippen molar-refractivity contribution in [3.05, 3.63) is 0 Å². The van der Waals surface area contributed by atoms with Crippen molar-refractivity contribution < 1.29 is 9.47 Å². The van der Waals surface area contributed by atoms with E-state index in [-0.39, 0.29) is 0 Å². The van der Waals surface area contributed by atoms with Crippen LogP contribution in [0.2, 0.25) is 0 Å². The van der Waals surface area contributed by atoms with Gasteiger partial charge >= 0.3 is 0 Å². The summed E-state index contributed by atoms with van der Waals surface area (Å²) in [5.41, 5.74) is 0. The van der Waals surface area contributed by atoms with Crippen LogP contribution in [0.15, 0.2) is 0 Å². The highest BCUT2D eigenvalue weighted by molar-refractivity contribution is 4.73. The molecule has 1 rings (SSSR count). The zero-order chi connectivity index (χ0) is 10.1. The zero-order valence-corrected chi connectivity index (χ0v) is 9.05. The molecule has 0 aromatic heterocycles. The smallest absolute Gasteiger partial charge is 0.0700 e. The second-order valence-corrected chi connectivity index (χ2v) is 3.58. The minimum atomic E-state index is 0.683. The summed E-state index contributed by atoms with van der Waals surface area (Å²) < 4.78 is 10.2. The molecule has 1 saturated heterocycles. The molecule has 0 unspecified atom stereocenters. The lowest BCUT2D eigenvalue weighted by atomic mass is 10.1. The van der Waals surface area contributed by atoms with Crippen molar-refractivity contribution in [2.75, 3.05) is 46.6 Å². The molecule has 1 fully saturated rings. The molecule has 0 aromatic rings. The molecule has 0 radical (unpaired) electrons. The molecule has 0 spiro atoms. The van der Waals surface area contributed by atoms with Gasteiger partial charge in [0.2, 0.25) is 0 Å². The van der Waals surface area contributed by atoms with Gasteiger partial charge in [-0.3, -0.25) is 0 Å². The van der Waals surface area contributed by atoms with Gasteiger partial charge in [-0.15, -0.1) is 0 Å². The van der Waals surface area contributed by atoms with Crippen LogP contribution < -0.4 is 10.6 Å². The van der Waals surface area contributed by atoms with Gasteiger partial charge in [0, 0.05) is 19.7 Å².